The maximum Gasteiger partial charge on any atom is 0.257 e. The predicted octanol–water partition coefficient (Wildman–Crippen LogP) is -0.234. The van der Waals surface area contributed by atoms with Gasteiger partial charge in [-0.25, -0.2) is 10.0 Å². The first-order valence-electron chi connectivity index (χ1n) is 4.82. The number of nitrogens with zero attached hydrogens (tertiary/aromatic N) is 3. The second-order valence-electron chi connectivity index (χ2n) is 3.45. The van der Waals surface area contributed by atoms with Crippen molar-refractivity contribution in [2.45, 2.75) is 27.2 Å². The molecule has 1 heterocycles. The minimum Gasteiger partial charge on any atom is -0.273 e. The van der Waals surface area contributed by atoms with Gasteiger partial charge in [-0.05, 0) is 6.42 Å². The average molecular weight is 213 g/mol. The highest BCUT2D eigenvalue weighted by Gasteiger charge is 2.32. The highest BCUT2D eigenvalue weighted by atomic mass is 16.2. The molecule has 0 unspecified atom stereocenters. The zero-order valence-corrected chi connectivity index (χ0v) is 9.19. The van der Waals surface area contributed by atoms with Gasteiger partial charge in [0.15, 0.2) is 0 Å². The molecule has 0 aliphatic carbocycles. The van der Waals surface area contributed by atoms with Gasteiger partial charge in [0.05, 0.1) is 0 Å². The van der Waals surface area contributed by atoms with Crippen molar-refractivity contribution in [3.63, 3.8) is 0 Å². The maximum atomic E-state index is 11.4. The average Bonchev–Trinajstić information content (AvgIpc) is 2.16. The fraction of sp³-hybridized carbons (Fsp3) is 0.667. The van der Waals surface area contributed by atoms with Crippen LogP contribution in [0.2, 0.25) is 0 Å². The van der Waals surface area contributed by atoms with Crippen LogP contribution in [-0.4, -0.2) is 45.9 Å². The molecule has 6 nitrogen and oxygen atoms in total. The van der Waals surface area contributed by atoms with Crippen LogP contribution >= 0.6 is 0 Å². The van der Waals surface area contributed by atoms with Crippen molar-refractivity contribution in [3.8, 4) is 0 Å². The summed E-state index contributed by atoms with van der Waals surface area (Å²) in [5.41, 5.74) is 0. The smallest absolute Gasteiger partial charge is 0.257 e. The first-order valence-corrected chi connectivity index (χ1v) is 4.82. The van der Waals surface area contributed by atoms with E-state index in [0.29, 0.717) is 19.5 Å². The van der Waals surface area contributed by atoms with Gasteiger partial charge in [0.2, 0.25) is 11.8 Å². The molecule has 6 heteroatoms. The summed E-state index contributed by atoms with van der Waals surface area (Å²) >= 11 is 0. The highest BCUT2D eigenvalue weighted by Crippen LogP contribution is 2.13. The first-order chi connectivity index (χ1) is 6.95. The molecular weight excluding hydrogens is 198 g/mol. The van der Waals surface area contributed by atoms with E-state index in [0.717, 1.165) is 5.12 Å². The van der Waals surface area contributed by atoms with E-state index in [1.165, 1.54) is 30.8 Å². The summed E-state index contributed by atoms with van der Waals surface area (Å²) in [6.45, 7) is 5.02. The van der Waals surface area contributed by atoms with Crippen molar-refractivity contribution in [2.75, 3.05) is 13.1 Å². The van der Waals surface area contributed by atoms with Gasteiger partial charge in [0, 0.05) is 33.9 Å². The van der Waals surface area contributed by atoms with Crippen molar-refractivity contribution in [2.24, 2.45) is 0 Å². The van der Waals surface area contributed by atoms with Crippen LogP contribution in [-0.2, 0) is 14.4 Å². The molecule has 0 aromatic rings. The van der Waals surface area contributed by atoms with Gasteiger partial charge >= 0.3 is 0 Å². The lowest BCUT2D eigenvalue weighted by Crippen LogP contribution is -2.62. The number of carbonyl (C=O) groups excluding carboxylic acids is 3. The van der Waals surface area contributed by atoms with Crippen molar-refractivity contribution in [1.29, 1.82) is 0 Å². The Bertz CT molecular complexity index is 281. The quantitative estimate of drug-likeness (QED) is 0.558. The van der Waals surface area contributed by atoms with Gasteiger partial charge in [-0.2, -0.15) is 5.12 Å². The molecule has 0 spiro atoms. The molecule has 0 bridgehead atoms. The number of carbonyl (C=O) groups is 3. The maximum absolute atomic E-state index is 11.4. The normalized spacial score (nSPS) is 16.6. The van der Waals surface area contributed by atoms with Crippen LogP contribution in [0.4, 0.5) is 0 Å². The number of amides is 3. The molecule has 0 N–H and O–H groups in total. The molecule has 84 valence electrons. The van der Waals surface area contributed by atoms with Crippen LogP contribution in [0.5, 0.6) is 0 Å². The molecule has 1 rings (SSSR count). The number of hydrogen-bond donors (Lipinski definition) is 0. The summed E-state index contributed by atoms with van der Waals surface area (Å²) in [5, 5.41) is 3.69. The Morgan fingerprint density at radius 2 is 1.20 bits per heavy atom. The minimum atomic E-state index is -0.333. The summed E-state index contributed by atoms with van der Waals surface area (Å²) in [6, 6.07) is 0. The third-order valence-corrected chi connectivity index (χ3v) is 2.21. The Hall–Kier alpha value is -1.59. The molecule has 3 amide bonds. The fourth-order valence-corrected chi connectivity index (χ4v) is 1.61. The Labute approximate surface area is 88.4 Å². The Balaban J connectivity index is 2.95. The second-order valence-corrected chi connectivity index (χ2v) is 3.45. The summed E-state index contributed by atoms with van der Waals surface area (Å²) in [5.74, 6) is -0.813. The zero-order valence-electron chi connectivity index (χ0n) is 9.19. The third kappa shape index (κ3) is 2.26. The van der Waals surface area contributed by atoms with Crippen LogP contribution < -0.4 is 0 Å². The van der Waals surface area contributed by atoms with Gasteiger partial charge in [-0.3, -0.25) is 14.4 Å². The monoisotopic (exact) mass is 213 g/mol. The summed E-state index contributed by atoms with van der Waals surface area (Å²) in [4.78, 5) is 33.9. The fourth-order valence-electron chi connectivity index (χ4n) is 1.61. The van der Waals surface area contributed by atoms with Crippen LogP contribution in [0.1, 0.15) is 27.2 Å². The summed E-state index contributed by atoms with van der Waals surface area (Å²) < 4.78 is 0. The number of rotatable bonds is 0. The van der Waals surface area contributed by atoms with Gasteiger partial charge < -0.3 is 0 Å². The first kappa shape index (κ1) is 11.5. The lowest BCUT2D eigenvalue weighted by atomic mass is 10.3. The van der Waals surface area contributed by atoms with Crippen LogP contribution in [0.25, 0.3) is 0 Å². The third-order valence-electron chi connectivity index (χ3n) is 2.21. The van der Waals surface area contributed by atoms with Crippen molar-refractivity contribution < 1.29 is 14.4 Å². The standard InChI is InChI=1S/C9H15N3O3/c1-7(13)10-5-4-6-11(8(2)14)12(10)9(3)15/h4-6H2,1-3H3. The molecule has 0 atom stereocenters. The minimum absolute atomic E-state index is 0.240. The Morgan fingerprint density at radius 1 is 0.800 bits per heavy atom. The van der Waals surface area contributed by atoms with Gasteiger partial charge in [-0.1, -0.05) is 0 Å². The van der Waals surface area contributed by atoms with Crippen molar-refractivity contribution in [1.82, 2.24) is 15.1 Å². The van der Waals surface area contributed by atoms with E-state index in [1.807, 2.05) is 0 Å². The van der Waals surface area contributed by atoms with E-state index in [4.69, 9.17) is 0 Å². The molecule has 1 fully saturated rings. The molecule has 15 heavy (non-hydrogen) atoms. The van der Waals surface area contributed by atoms with E-state index < -0.39 is 0 Å². The summed E-state index contributed by atoms with van der Waals surface area (Å²) in [6.07, 6.45) is 0.683. The van der Waals surface area contributed by atoms with E-state index in [1.54, 1.807) is 0 Å². The van der Waals surface area contributed by atoms with E-state index >= 15 is 0 Å². The van der Waals surface area contributed by atoms with Gasteiger partial charge in [-0.15, -0.1) is 0 Å². The molecule has 0 saturated carbocycles. The van der Waals surface area contributed by atoms with Crippen LogP contribution in [0, 0.1) is 0 Å². The molecule has 0 aromatic heterocycles. The SMILES string of the molecule is CC(=O)N1CCCN(C(C)=O)N1C(C)=O. The van der Waals surface area contributed by atoms with Gasteiger partial charge in [0.1, 0.15) is 0 Å². The zero-order chi connectivity index (χ0) is 11.6. The van der Waals surface area contributed by atoms with Gasteiger partial charge in [0.25, 0.3) is 5.91 Å². The summed E-state index contributed by atoms with van der Waals surface area (Å²) in [7, 11) is 0. The molecule has 1 aliphatic rings. The molecule has 0 aromatic carbocycles. The van der Waals surface area contributed by atoms with Crippen LogP contribution in [0.15, 0.2) is 0 Å². The number of hydrogen-bond acceptors (Lipinski definition) is 3. The highest BCUT2D eigenvalue weighted by molar-refractivity contribution is 5.83. The van der Waals surface area contributed by atoms with Crippen LogP contribution in [0.3, 0.4) is 0 Å². The van der Waals surface area contributed by atoms with E-state index in [2.05, 4.69) is 0 Å². The molecular formula is C9H15N3O3. The molecule has 1 saturated heterocycles. The molecule has 0 radical (unpaired) electrons. The molecule has 1 aliphatic heterocycles. The lowest BCUT2D eigenvalue weighted by Gasteiger charge is -2.44. The topological polar surface area (TPSA) is 60.9 Å². The van der Waals surface area contributed by atoms with E-state index in [-0.39, 0.29) is 17.7 Å². The van der Waals surface area contributed by atoms with Crippen molar-refractivity contribution in [3.05, 3.63) is 0 Å². The predicted molar refractivity (Wildman–Crippen MR) is 51.9 cm³/mol. The lowest BCUT2D eigenvalue weighted by molar-refractivity contribution is -0.214. The number of hydrazine groups is 2. The Kier molecular flexibility index (Phi) is 3.28. The largest absolute Gasteiger partial charge is 0.273 e. The van der Waals surface area contributed by atoms with Crippen molar-refractivity contribution >= 4 is 17.7 Å². The van der Waals surface area contributed by atoms with E-state index in [9.17, 15) is 14.4 Å². The second kappa shape index (κ2) is 4.29. The Morgan fingerprint density at radius 3 is 1.47 bits per heavy atom.